The Morgan fingerprint density at radius 2 is 1.89 bits per heavy atom. The Hall–Kier alpha value is -2.22. The lowest BCUT2D eigenvalue weighted by Gasteiger charge is -2.24. The molecule has 1 aliphatic rings. The average Bonchev–Trinajstić information content (AvgIpc) is 3.08. The third kappa shape index (κ3) is 3.16. The molecule has 0 fully saturated rings. The summed E-state index contributed by atoms with van der Waals surface area (Å²) in [5, 5.41) is 4.50. The summed E-state index contributed by atoms with van der Waals surface area (Å²) in [6, 6.07) is 12.2. The van der Waals surface area contributed by atoms with Crippen molar-refractivity contribution in [2.24, 2.45) is 0 Å². The molecule has 0 unspecified atom stereocenters. The number of anilines is 1. The van der Waals surface area contributed by atoms with Gasteiger partial charge in [0, 0.05) is 27.6 Å². The summed E-state index contributed by atoms with van der Waals surface area (Å²) < 4.78 is 40.4. The Morgan fingerprint density at radius 3 is 2.63 bits per heavy atom. The highest BCUT2D eigenvalue weighted by Gasteiger charge is 2.35. The maximum atomic E-state index is 14.4. The number of hydrogen-bond acceptors (Lipinski definition) is 4. The van der Waals surface area contributed by atoms with Crippen molar-refractivity contribution in [2.75, 3.05) is 5.32 Å². The summed E-state index contributed by atoms with van der Waals surface area (Å²) in [4.78, 5) is 13.0. The Morgan fingerprint density at radius 1 is 1.15 bits per heavy atom. The van der Waals surface area contributed by atoms with E-state index in [0.29, 0.717) is 9.90 Å². The van der Waals surface area contributed by atoms with Gasteiger partial charge in [0.1, 0.15) is 10.7 Å². The molecule has 3 aromatic rings. The van der Waals surface area contributed by atoms with Crippen molar-refractivity contribution in [2.45, 2.75) is 22.1 Å². The number of sulfone groups is 1. The maximum Gasteiger partial charge on any atom is 0.225 e. The molecule has 4 nitrogen and oxygen atoms in total. The van der Waals surface area contributed by atoms with Crippen molar-refractivity contribution in [1.29, 1.82) is 0 Å². The molecule has 4 rings (SSSR count). The van der Waals surface area contributed by atoms with Crippen LogP contribution in [0.2, 0.25) is 5.02 Å². The topological polar surface area (TPSA) is 63.2 Å². The molecule has 1 aliphatic heterocycles. The number of halogens is 2. The van der Waals surface area contributed by atoms with Gasteiger partial charge in [-0.05, 0) is 35.9 Å². The van der Waals surface area contributed by atoms with Gasteiger partial charge >= 0.3 is 0 Å². The summed E-state index contributed by atoms with van der Waals surface area (Å²) in [5.74, 6) is -1.43. The Labute approximate surface area is 164 Å². The van der Waals surface area contributed by atoms with E-state index in [-0.39, 0.29) is 33.4 Å². The first-order chi connectivity index (χ1) is 12.9. The van der Waals surface area contributed by atoms with Crippen molar-refractivity contribution < 1.29 is 17.6 Å². The zero-order valence-electron chi connectivity index (χ0n) is 13.8. The van der Waals surface area contributed by atoms with Crippen LogP contribution in [0.25, 0.3) is 0 Å². The Kier molecular flexibility index (Phi) is 4.53. The SMILES string of the molecule is O=C1C[C@H](c2cc(Cl)ccc2F)c2scc(S(=O)(=O)c3ccccc3)c2N1. The number of carbonyl (C=O) groups excluding carboxylic acids is 1. The van der Waals surface area contributed by atoms with Crippen LogP contribution in [0.3, 0.4) is 0 Å². The largest absolute Gasteiger partial charge is 0.324 e. The second-order valence-corrected chi connectivity index (χ2v) is 9.39. The van der Waals surface area contributed by atoms with E-state index in [1.54, 1.807) is 18.2 Å². The van der Waals surface area contributed by atoms with Gasteiger partial charge in [0.2, 0.25) is 15.7 Å². The van der Waals surface area contributed by atoms with Crippen LogP contribution >= 0.6 is 22.9 Å². The second-order valence-electron chi connectivity index (χ2n) is 6.13. The highest BCUT2D eigenvalue weighted by Crippen LogP contribution is 2.46. The molecule has 2 aromatic carbocycles. The first-order valence-corrected chi connectivity index (χ1v) is 10.8. The van der Waals surface area contributed by atoms with Gasteiger partial charge in [0.15, 0.2) is 0 Å². The lowest BCUT2D eigenvalue weighted by atomic mass is 9.90. The van der Waals surface area contributed by atoms with Crippen LogP contribution in [0, 0.1) is 5.82 Å². The number of fused-ring (bicyclic) bond motifs is 1. The van der Waals surface area contributed by atoms with Crippen LogP contribution in [0.4, 0.5) is 10.1 Å². The predicted octanol–water partition coefficient (Wildman–Crippen LogP) is 4.85. The number of amides is 1. The minimum Gasteiger partial charge on any atom is -0.324 e. The average molecular weight is 422 g/mol. The standard InChI is InChI=1S/C19H13ClFNO3S2/c20-11-6-7-15(21)13(8-11)14-9-17(23)22-18-16(10-26-19(14)18)27(24,25)12-4-2-1-3-5-12/h1-8,10,14H,9H2,(H,22,23)/t14-/m1/s1. The van der Waals surface area contributed by atoms with Crippen LogP contribution in [0.1, 0.15) is 22.8 Å². The molecule has 27 heavy (non-hydrogen) atoms. The van der Waals surface area contributed by atoms with Gasteiger partial charge in [-0.25, -0.2) is 12.8 Å². The zero-order chi connectivity index (χ0) is 19.2. The van der Waals surface area contributed by atoms with Crippen molar-refractivity contribution in [3.05, 3.63) is 75.2 Å². The number of rotatable bonds is 3. The fraction of sp³-hybridized carbons (Fsp3) is 0.105. The van der Waals surface area contributed by atoms with E-state index in [4.69, 9.17) is 11.6 Å². The molecule has 1 amide bonds. The Bertz CT molecular complexity index is 1140. The molecule has 0 saturated heterocycles. The molecule has 0 spiro atoms. The molecule has 8 heteroatoms. The van der Waals surface area contributed by atoms with E-state index in [9.17, 15) is 17.6 Å². The minimum absolute atomic E-state index is 0.0224. The Balaban J connectivity index is 1.87. The second kappa shape index (κ2) is 6.74. The van der Waals surface area contributed by atoms with Gasteiger partial charge in [0.25, 0.3) is 0 Å². The monoisotopic (exact) mass is 421 g/mol. The highest BCUT2D eigenvalue weighted by atomic mass is 35.5. The van der Waals surface area contributed by atoms with Gasteiger partial charge in [-0.1, -0.05) is 29.8 Å². The van der Waals surface area contributed by atoms with Crippen molar-refractivity contribution in [1.82, 2.24) is 0 Å². The van der Waals surface area contributed by atoms with Crippen LogP contribution < -0.4 is 5.32 Å². The number of nitrogens with one attached hydrogen (secondary N) is 1. The summed E-state index contributed by atoms with van der Waals surface area (Å²) in [6.45, 7) is 0. The molecule has 2 heterocycles. The van der Waals surface area contributed by atoms with Crippen LogP contribution in [-0.4, -0.2) is 14.3 Å². The van der Waals surface area contributed by atoms with Gasteiger partial charge < -0.3 is 5.32 Å². The quantitative estimate of drug-likeness (QED) is 0.657. The molecule has 138 valence electrons. The van der Waals surface area contributed by atoms with Gasteiger partial charge in [-0.15, -0.1) is 11.3 Å². The third-order valence-corrected chi connectivity index (χ3v) is 7.71. The van der Waals surface area contributed by atoms with Crippen LogP contribution in [-0.2, 0) is 14.6 Å². The highest BCUT2D eigenvalue weighted by molar-refractivity contribution is 7.91. The number of carbonyl (C=O) groups is 1. The first-order valence-electron chi connectivity index (χ1n) is 8.04. The van der Waals surface area contributed by atoms with E-state index in [1.165, 1.54) is 47.0 Å². The van der Waals surface area contributed by atoms with E-state index < -0.39 is 21.6 Å². The first kappa shape index (κ1) is 18.2. The lowest BCUT2D eigenvalue weighted by molar-refractivity contribution is -0.116. The van der Waals surface area contributed by atoms with E-state index in [0.717, 1.165) is 0 Å². The molecule has 0 aliphatic carbocycles. The number of thiophene rings is 1. The van der Waals surface area contributed by atoms with Crippen molar-refractivity contribution in [3.63, 3.8) is 0 Å². The van der Waals surface area contributed by atoms with E-state index in [1.807, 2.05) is 0 Å². The molecule has 1 atom stereocenters. The fourth-order valence-electron chi connectivity index (χ4n) is 3.16. The van der Waals surface area contributed by atoms with Crippen molar-refractivity contribution in [3.8, 4) is 0 Å². The molecular weight excluding hydrogens is 409 g/mol. The summed E-state index contributed by atoms with van der Waals surface area (Å²) in [6.07, 6.45) is 0.0234. The molecule has 1 aromatic heterocycles. The molecule has 1 N–H and O–H groups in total. The van der Waals surface area contributed by atoms with Crippen LogP contribution in [0.15, 0.2) is 63.7 Å². The minimum atomic E-state index is -3.81. The molecule has 0 radical (unpaired) electrons. The third-order valence-electron chi connectivity index (χ3n) is 4.43. The van der Waals surface area contributed by atoms with E-state index >= 15 is 0 Å². The summed E-state index contributed by atoms with van der Waals surface area (Å²) in [7, 11) is -3.81. The summed E-state index contributed by atoms with van der Waals surface area (Å²) in [5.41, 5.74) is 0.508. The normalized spacial score (nSPS) is 16.7. The maximum absolute atomic E-state index is 14.4. The van der Waals surface area contributed by atoms with Gasteiger partial charge in [-0.2, -0.15) is 0 Å². The number of benzene rings is 2. The van der Waals surface area contributed by atoms with Crippen LogP contribution in [0.5, 0.6) is 0 Å². The predicted molar refractivity (Wildman–Crippen MR) is 103 cm³/mol. The lowest BCUT2D eigenvalue weighted by Crippen LogP contribution is -2.24. The summed E-state index contributed by atoms with van der Waals surface area (Å²) >= 11 is 7.19. The smallest absolute Gasteiger partial charge is 0.225 e. The van der Waals surface area contributed by atoms with Gasteiger partial charge in [0.05, 0.1) is 10.6 Å². The fourth-order valence-corrected chi connectivity index (χ4v) is 6.26. The molecule has 0 saturated carbocycles. The molecular formula is C19H13ClFNO3S2. The molecule has 0 bridgehead atoms. The van der Waals surface area contributed by atoms with Gasteiger partial charge in [-0.3, -0.25) is 4.79 Å². The zero-order valence-corrected chi connectivity index (χ0v) is 16.2. The van der Waals surface area contributed by atoms with Crippen molar-refractivity contribution >= 4 is 44.4 Å². The number of hydrogen-bond donors (Lipinski definition) is 1. The van der Waals surface area contributed by atoms with E-state index in [2.05, 4.69) is 5.32 Å².